The molecule has 41 heteroatoms. The van der Waals surface area contributed by atoms with E-state index < -0.39 is 111 Å². The van der Waals surface area contributed by atoms with E-state index in [4.69, 9.17) is 17.4 Å². The average Bonchev–Trinajstić information content (AvgIpc) is 1.62. The number of hydrogen-bond donors (Lipinski definition) is 8. The smallest absolute Gasteiger partial charge is 0.425 e. The fraction of sp³-hybridized carbons (Fsp3) is 0.217. The first kappa shape index (κ1) is 66.6. The number of anilines is 1. The first-order valence-corrected chi connectivity index (χ1v) is 34.1. The topological polar surface area (TPSA) is 530 Å². The molecule has 0 spiro atoms. The van der Waals surface area contributed by atoms with Crippen molar-refractivity contribution in [1.29, 1.82) is 5.26 Å². The van der Waals surface area contributed by atoms with Gasteiger partial charge in [0, 0.05) is 34.4 Å². The molecule has 0 atom stereocenters. The quantitative estimate of drug-likeness (QED) is 0.0146. The third kappa shape index (κ3) is 16.2. The lowest BCUT2D eigenvalue weighted by Gasteiger charge is -2.12. The van der Waals surface area contributed by atoms with Crippen molar-refractivity contribution in [2.45, 2.75) is 59.8 Å². The Morgan fingerprint density at radius 1 is 0.759 bits per heavy atom. The summed E-state index contributed by atoms with van der Waals surface area (Å²) in [5, 5.41) is 60.6. The fourth-order valence-electron chi connectivity index (χ4n) is 8.12. The summed E-state index contributed by atoms with van der Waals surface area (Å²) in [5.74, 6) is -2.82. The first-order valence-electron chi connectivity index (χ1n) is 23.8. The van der Waals surface area contributed by atoms with Crippen LogP contribution in [-0.2, 0) is 72.6 Å². The Hall–Kier alpha value is -7.96. The Labute approximate surface area is 501 Å². The van der Waals surface area contributed by atoms with E-state index in [1.165, 1.54) is 43.3 Å². The highest BCUT2D eigenvalue weighted by Crippen LogP contribution is 2.45. The van der Waals surface area contributed by atoms with Gasteiger partial charge in [-0.05, 0) is 91.9 Å². The molecule has 0 aliphatic carbocycles. The summed E-state index contributed by atoms with van der Waals surface area (Å²) in [7, 11) is -26.7. The van der Waals surface area contributed by atoms with Crippen LogP contribution >= 0.6 is 23.1 Å². The minimum atomic E-state index is -5.10. The Bertz CT molecular complexity index is 5030. The largest absolute Gasteiger partial charge is 0.493 e. The maximum absolute atomic E-state index is 12.6. The van der Waals surface area contributed by atoms with Gasteiger partial charge >= 0.3 is 10.6 Å². The molecule has 87 heavy (non-hydrogen) atoms. The monoisotopic (exact) mass is 1360 g/mol. The van der Waals surface area contributed by atoms with E-state index >= 15 is 0 Å². The lowest BCUT2D eigenvalue weighted by molar-refractivity contribution is -0.114. The summed E-state index contributed by atoms with van der Waals surface area (Å²) < 4.78 is 202. The molecule has 1 amide bonds. The number of imidazole rings is 1. The molecule has 0 saturated carbocycles. The SMILES string of the molecule is CC(=O)Nc1ccc2c(nc3c(C#N)c(C)c(N=Nc4cc(C)c(N=Nc5cc(CO)c(N=Nc6nc7c(S(=O)(=O)O)cc8ccc(S(=O)(=O)O)cc8c7s6)cc5SCCCS(=O)(=O)O)cc4OCCCS(=O)(=O)O)c(O)n32)c1S(=O)(=O)O.O=S(=O)=O. The highest BCUT2D eigenvalue weighted by atomic mass is 32.2. The summed E-state index contributed by atoms with van der Waals surface area (Å²) in [4.78, 5) is 18.6. The fourth-order valence-corrected chi connectivity index (χ4v) is 13.2. The zero-order chi connectivity index (χ0) is 64.3. The number of rotatable bonds is 21. The van der Waals surface area contributed by atoms with Gasteiger partial charge in [-0.15, -0.1) is 50.0 Å². The van der Waals surface area contributed by atoms with Gasteiger partial charge in [0.1, 0.15) is 43.9 Å². The molecule has 0 aliphatic rings. The molecule has 33 nitrogen and oxygen atoms in total. The van der Waals surface area contributed by atoms with Crippen LogP contribution in [0.1, 0.15) is 42.0 Å². The van der Waals surface area contributed by atoms with E-state index in [9.17, 15) is 85.1 Å². The number of pyridine rings is 1. The standard InChI is InChI=1S/C46H41N11O19S7.O3S/c1-22-14-33(53-55-39-23(2)29(20-47)44-49-40-35(57(44)45(39)60)9-8-30(48-24(3)59)43(40)83(73,74)75)36(76-10-4-12-79(61,62)63)18-31(22)51-54-34-15-26(21-58)32(19-37(34)77-11-5-13-80(64,65)66)52-56-46-50-41-38(82(70,71)72)16-25-6-7-27(81(67,68)69)17-28(25)42(41)78-46;1-4(2)3/h6-9,14-19,58,60H,4-5,10-13,21H2,1-3H3,(H,48,59)(H,61,62,63)(H,64,65,66)(H,67,68,69)(H,70,71,72)(H,73,74,75);. The summed E-state index contributed by atoms with van der Waals surface area (Å²) in [5.41, 5.74) is -1.67. The molecule has 0 saturated heterocycles. The minimum Gasteiger partial charge on any atom is -0.493 e. The maximum Gasteiger partial charge on any atom is 0.425 e. The molecule has 0 radical (unpaired) electrons. The van der Waals surface area contributed by atoms with Gasteiger partial charge in [-0.3, -0.25) is 32.0 Å². The van der Waals surface area contributed by atoms with Gasteiger partial charge < -0.3 is 20.3 Å². The third-order valence-corrected chi connectivity index (χ3v) is 18.2. The van der Waals surface area contributed by atoms with Crippen molar-refractivity contribution in [2.24, 2.45) is 30.7 Å². The molecule has 0 fully saturated rings. The van der Waals surface area contributed by atoms with E-state index in [2.05, 4.69) is 46.0 Å². The molecule has 8 aromatic rings. The molecule has 0 unspecified atom stereocenters. The van der Waals surface area contributed by atoms with Crippen molar-refractivity contribution in [3.05, 3.63) is 82.9 Å². The van der Waals surface area contributed by atoms with E-state index in [0.29, 0.717) is 5.56 Å². The van der Waals surface area contributed by atoms with Crippen LogP contribution in [0.4, 0.5) is 39.3 Å². The summed E-state index contributed by atoms with van der Waals surface area (Å²) in [6.07, 6.45) is -0.310. The molecule has 8 N–H and O–H groups in total. The van der Waals surface area contributed by atoms with Crippen LogP contribution in [-0.4, -0.2) is 132 Å². The van der Waals surface area contributed by atoms with Gasteiger partial charge in [0.15, 0.2) is 11.3 Å². The highest BCUT2D eigenvalue weighted by molar-refractivity contribution is 7.99. The van der Waals surface area contributed by atoms with Crippen molar-refractivity contribution >= 4 is 167 Å². The molecule has 8 rings (SSSR count). The molecule has 5 aromatic carbocycles. The van der Waals surface area contributed by atoms with Crippen LogP contribution in [0, 0.1) is 25.2 Å². The van der Waals surface area contributed by atoms with Crippen LogP contribution in [0.3, 0.4) is 0 Å². The number of aliphatic hydroxyl groups is 1. The molecular weight excluding hydrogens is 1320 g/mol. The molecule has 3 aromatic heterocycles. The van der Waals surface area contributed by atoms with Crippen LogP contribution in [0.25, 0.3) is 37.7 Å². The number of benzene rings is 5. The number of hydrogen-bond acceptors (Lipinski definition) is 28. The number of nitriles is 1. The number of aromatic nitrogens is 3. The van der Waals surface area contributed by atoms with E-state index in [1.807, 2.05) is 6.07 Å². The number of aryl methyl sites for hydroxylation is 1. The molecule has 460 valence electrons. The number of carbonyl (C=O) groups excluding carboxylic acids is 1. The Kier molecular flexibility index (Phi) is 20.0. The third-order valence-electron chi connectivity index (χ3n) is 11.8. The molecule has 0 bridgehead atoms. The van der Waals surface area contributed by atoms with Gasteiger partial charge in [-0.1, -0.05) is 17.4 Å². The number of ether oxygens (including phenoxy) is 1. The van der Waals surface area contributed by atoms with Crippen LogP contribution in [0.5, 0.6) is 11.6 Å². The summed E-state index contributed by atoms with van der Waals surface area (Å²) >= 11 is 1.76. The van der Waals surface area contributed by atoms with Crippen LogP contribution in [0.15, 0.2) is 111 Å². The molecule has 0 aliphatic heterocycles. The van der Waals surface area contributed by atoms with Crippen molar-refractivity contribution in [2.75, 3.05) is 29.2 Å². The van der Waals surface area contributed by atoms with Gasteiger partial charge in [0.05, 0.1) is 62.6 Å². The zero-order valence-corrected chi connectivity index (χ0v) is 50.7. The number of nitrogens with one attached hydrogen (secondary N) is 1. The average molecular weight is 1360 g/mol. The maximum atomic E-state index is 12.6. The normalized spacial score (nSPS) is 12.6. The molecule has 3 heterocycles. The summed E-state index contributed by atoms with van der Waals surface area (Å²) in [6, 6.07) is 14.1. The molecular formula is C46H41N11O22S8. The first-order chi connectivity index (χ1) is 40.5. The number of aromatic hydroxyl groups is 1. The number of fused-ring (bicyclic) bond motifs is 6. The van der Waals surface area contributed by atoms with E-state index in [-0.39, 0.29) is 124 Å². The van der Waals surface area contributed by atoms with Crippen LogP contribution < -0.4 is 10.1 Å². The Morgan fingerprint density at radius 2 is 1.40 bits per heavy atom. The lowest BCUT2D eigenvalue weighted by atomic mass is 10.1. The van der Waals surface area contributed by atoms with Crippen molar-refractivity contribution in [1.82, 2.24) is 14.4 Å². The summed E-state index contributed by atoms with van der Waals surface area (Å²) in [6.45, 7) is 2.97. The highest BCUT2D eigenvalue weighted by Gasteiger charge is 2.29. The Morgan fingerprint density at radius 3 is 2.01 bits per heavy atom. The van der Waals surface area contributed by atoms with Crippen molar-refractivity contribution in [3.63, 3.8) is 0 Å². The second-order valence-corrected chi connectivity index (χ2v) is 27.7. The Balaban J connectivity index is 0.00000262. The van der Waals surface area contributed by atoms with Gasteiger partial charge in [-0.2, -0.15) is 52.5 Å². The predicted molar refractivity (Wildman–Crippen MR) is 309 cm³/mol. The number of aliphatic hydroxyl groups excluding tert-OH is 1. The predicted octanol–water partition coefficient (Wildman–Crippen LogP) is 7.90. The number of carbonyl (C=O) groups is 1. The second kappa shape index (κ2) is 26.2. The van der Waals surface area contributed by atoms with Crippen LogP contribution in [0.2, 0.25) is 0 Å². The van der Waals surface area contributed by atoms with Crippen molar-refractivity contribution < 1.29 is 97.2 Å². The number of thioether (sulfide) groups is 1. The van der Waals surface area contributed by atoms with E-state index in [1.54, 1.807) is 6.92 Å². The van der Waals surface area contributed by atoms with Gasteiger partial charge in [0.2, 0.25) is 16.9 Å². The number of azo groups is 3. The number of nitrogens with zero attached hydrogens (tertiary/aromatic N) is 10. The van der Waals surface area contributed by atoms with Crippen molar-refractivity contribution in [3.8, 4) is 17.7 Å². The second-order valence-electron chi connectivity index (χ2n) is 17.9. The minimum absolute atomic E-state index is 0.00916. The van der Waals surface area contributed by atoms with Gasteiger partial charge in [0.25, 0.3) is 50.6 Å². The number of amides is 1. The lowest BCUT2D eigenvalue weighted by Crippen LogP contribution is -2.11. The zero-order valence-electron chi connectivity index (χ0n) is 44.2. The van der Waals surface area contributed by atoms with Gasteiger partial charge in [-0.25, -0.2) is 9.97 Å². The number of thiazole rings is 1. The van der Waals surface area contributed by atoms with E-state index in [0.717, 1.165) is 58.7 Å².